The van der Waals surface area contributed by atoms with Crippen molar-refractivity contribution in [2.45, 2.75) is 0 Å². The van der Waals surface area contributed by atoms with Crippen LogP contribution in [0.4, 0.5) is 0 Å². The second kappa shape index (κ2) is 28.7. The molecule has 0 aliphatic heterocycles. The summed E-state index contributed by atoms with van der Waals surface area (Å²) >= 11 is 7.26. The van der Waals surface area contributed by atoms with Gasteiger partial charge in [0.05, 0.1) is 22.1 Å². The minimum absolute atomic E-state index is 0.632. The average Bonchev–Trinajstić information content (AvgIpc) is 1.58. The molecule has 0 unspecified atom stereocenters. The molecule has 0 spiro atoms. The third-order valence-electron chi connectivity index (χ3n) is 22.2. The van der Waals surface area contributed by atoms with Gasteiger partial charge in [-0.15, -0.1) is 45.3 Å². The summed E-state index contributed by atoms with van der Waals surface area (Å²) in [5.74, 6) is 5.64. The Balaban J connectivity index is 0.000000138. The average molecular weight is 1580 g/mol. The van der Waals surface area contributed by atoms with Crippen molar-refractivity contribution in [3.8, 4) is 125 Å². The van der Waals surface area contributed by atoms with Crippen LogP contribution >= 0.6 is 45.3 Å². The molecule has 14 heteroatoms. The second-order valence-corrected chi connectivity index (χ2v) is 33.4. The van der Waals surface area contributed by atoms with Crippen LogP contribution in [-0.4, -0.2) is 49.0 Å². The van der Waals surface area contributed by atoms with E-state index in [0.717, 1.165) is 132 Å². The molecule has 24 rings (SSSR count). The van der Waals surface area contributed by atoms with Gasteiger partial charge in [-0.25, -0.2) is 39.9 Å². The van der Waals surface area contributed by atoms with Crippen LogP contribution in [-0.2, 0) is 0 Å². The first-order valence-electron chi connectivity index (χ1n) is 39.1. The molecule has 8 heterocycles. The molecule has 10 nitrogen and oxygen atoms in total. The van der Waals surface area contributed by atoms with E-state index in [9.17, 15) is 0 Å². The van der Waals surface area contributed by atoms with Crippen molar-refractivity contribution < 1.29 is 0 Å². The molecule has 0 bridgehead atoms. The zero-order valence-corrected chi connectivity index (χ0v) is 66.2. The smallest absolute Gasteiger partial charge is 0.164 e. The highest BCUT2D eigenvalue weighted by Gasteiger charge is 2.26. The van der Waals surface area contributed by atoms with Gasteiger partial charge in [-0.05, 0) is 113 Å². The Morgan fingerprint density at radius 2 is 0.492 bits per heavy atom. The molecule has 0 aliphatic carbocycles. The Morgan fingerprint density at radius 3 is 0.975 bits per heavy atom. The molecule has 552 valence electrons. The Hall–Kier alpha value is -14.6. The van der Waals surface area contributed by atoms with Crippen molar-refractivity contribution in [1.29, 1.82) is 0 Å². The van der Waals surface area contributed by atoms with Crippen LogP contribution in [0.5, 0.6) is 0 Å². The van der Waals surface area contributed by atoms with Crippen LogP contribution < -0.4 is 0 Å². The van der Waals surface area contributed by atoms with E-state index in [1.165, 1.54) is 60.9 Å². The van der Waals surface area contributed by atoms with Crippen molar-refractivity contribution in [3.63, 3.8) is 0 Å². The molecule has 0 atom stereocenters. The molecule has 0 radical (unpaired) electrons. The molecule has 0 amide bonds. The maximum Gasteiger partial charge on any atom is 0.164 e. The maximum absolute atomic E-state index is 5.30. The molecule has 0 fully saturated rings. The molecule has 118 heavy (non-hydrogen) atoms. The van der Waals surface area contributed by atoms with Crippen molar-refractivity contribution in [3.05, 3.63) is 376 Å². The maximum atomic E-state index is 5.30. The van der Waals surface area contributed by atoms with E-state index < -0.39 is 0 Å². The summed E-state index contributed by atoms with van der Waals surface area (Å²) in [5.41, 5.74) is 18.8. The van der Waals surface area contributed by atoms with Crippen LogP contribution in [0.1, 0.15) is 0 Å². The van der Waals surface area contributed by atoms with Crippen molar-refractivity contribution in [2.75, 3.05) is 0 Å². The number of aromatic nitrogens is 10. The summed E-state index contributed by atoms with van der Waals surface area (Å²) in [6.07, 6.45) is 0. The molecule has 0 N–H and O–H groups in total. The van der Waals surface area contributed by atoms with Crippen LogP contribution in [0.25, 0.3) is 227 Å². The zero-order valence-electron chi connectivity index (χ0n) is 62.9. The Kier molecular flexibility index (Phi) is 16.8. The second-order valence-electron chi connectivity index (χ2n) is 29.2. The van der Waals surface area contributed by atoms with Gasteiger partial charge in [0.15, 0.2) is 34.9 Å². The predicted molar refractivity (Wildman–Crippen MR) is 495 cm³/mol. The number of imidazole rings is 2. The fraction of sp³-hybridized carbons (Fsp3) is 0. The summed E-state index contributed by atoms with van der Waals surface area (Å²) in [5, 5.41) is 9.70. The fourth-order valence-electron chi connectivity index (χ4n) is 16.8. The van der Waals surface area contributed by atoms with Crippen molar-refractivity contribution in [1.82, 2.24) is 49.0 Å². The topological polar surface area (TPSA) is 113 Å². The van der Waals surface area contributed by atoms with E-state index in [1.54, 1.807) is 22.7 Å². The molecule has 16 aromatic carbocycles. The number of nitrogens with zero attached hydrogens (tertiary/aromatic N) is 10. The lowest BCUT2D eigenvalue weighted by molar-refractivity contribution is 1.08. The SMILES string of the molecule is c1ccc(-c2nc(-c3ccc(-c4cccc5c4sc4ccccc45)cc3)nc(-c3cccc4sc5c(-c6nc7ccccc7n6-c6ccccc6)cccc5c34)n2)cc1.c1ccc(-c2nc(-c3cccc(-c4cccc5c4sc4ccccc45)c3)nc(-c3cccc4sc5c(-c6nc7ccccc7n6-c6ccccc6)cccc5c34)n2)cc1. The van der Waals surface area contributed by atoms with E-state index in [1.807, 2.05) is 59.1 Å². The lowest BCUT2D eigenvalue weighted by Crippen LogP contribution is -2.00. The highest BCUT2D eigenvalue weighted by molar-refractivity contribution is 7.27. The van der Waals surface area contributed by atoms with Gasteiger partial charge in [0, 0.05) is 137 Å². The van der Waals surface area contributed by atoms with Crippen LogP contribution in [0.15, 0.2) is 376 Å². The molecular weight excluding hydrogens is 1520 g/mol. The van der Waals surface area contributed by atoms with Gasteiger partial charge >= 0.3 is 0 Å². The first-order chi connectivity index (χ1) is 58.5. The van der Waals surface area contributed by atoms with Gasteiger partial charge in [0.1, 0.15) is 11.6 Å². The van der Waals surface area contributed by atoms with Crippen molar-refractivity contribution in [2.24, 2.45) is 0 Å². The standard InChI is InChI=1S/2C52H31N5S2/c1-3-15-32(16-4-1)49-54-50(34-18-11-17-33(31-34)36-22-12-23-38-37-21-7-10-29-44(37)58-47(36)38)56-51(55-49)40-25-14-30-45-46(40)39-24-13-26-41(48(39)59-45)52-53-42-27-8-9-28-43(42)57(52)35-19-5-2-6-20-35;1-3-14-33(15-4-1)49-54-50(34-30-28-32(29-31-34)36-19-11-20-38-37-18-7-10-26-44(37)58-47(36)38)56-51(55-49)40-22-13-27-45-46(40)39-21-12-23-41(48(39)59-45)52-53-42-24-8-9-25-43(42)57(52)35-16-5-2-6-17-35/h2*1-31H. The Labute approximate surface area is 692 Å². The highest BCUT2D eigenvalue weighted by Crippen LogP contribution is 2.49. The number of rotatable bonds is 12. The predicted octanol–water partition coefficient (Wildman–Crippen LogP) is 28.6. The minimum Gasteiger partial charge on any atom is -0.292 e. The molecule has 0 aliphatic rings. The zero-order chi connectivity index (χ0) is 77.7. The van der Waals surface area contributed by atoms with Gasteiger partial charge in [-0.3, -0.25) is 9.13 Å². The van der Waals surface area contributed by atoms with Gasteiger partial charge in [0.2, 0.25) is 0 Å². The van der Waals surface area contributed by atoms with Gasteiger partial charge in [-0.1, -0.05) is 285 Å². The molecule has 24 aromatic rings. The molecule has 0 saturated carbocycles. The van der Waals surface area contributed by atoms with Crippen LogP contribution in [0, 0.1) is 0 Å². The number of hydrogen-bond acceptors (Lipinski definition) is 12. The minimum atomic E-state index is 0.632. The summed E-state index contributed by atoms with van der Waals surface area (Å²) in [7, 11) is 0. The van der Waals surface area contributed by atoms with E-state index in [0.29, 0.717) is 34.9 Å². The van der Waals surface area contributed by atoms with E-state index >= 15 is 0 Å². The monoisotopic (exact) mass is 1580 g/mol. The summed E-state index contributed by atoms with van der Waals surface area (Å²) in [6.45, 7) is 0. The van der Waals surface area contributed by atoms with Gasteiger partial charge < -0.3 is 0 Å². The quantitative estimate of drug-likeness (QED) is 0.119. The third-order valence-corrected chi connectivity index (χ3v) is 27.0. The Morgan fingerprint density at radius 1 is 0.186 bits per heavy atom. The number of benzene rings is 16. The first-order valence-corrected chi connectivity index (χ1v) is 42.4. The van der Waals surface area contributed by atoms with Crippen LogP contribution in [0.3, 0.4) is 0 Å². The van der Waals surface area contributed by atoms with Crippen LogP contribution in [0.2, 0.25) is 0 Å². The molecular formula is C104H62N10S4. The number of para-hydroxylation sites is 6. The first kappa shape index (κ1) is 68.9. The number of fused-ring (bicyclic) bond motifs is 14. The number of thiophene rings is 4. The highest BCUT2D eigenvalue weighted by atomic mass is 32.1. The lowest BCUT2D eigenvalue weighted by Gasteiger charge is -2.11. The Bertz CT molecular complexity index is 8070. The number of hydrogen-bond donors (Lipinski definition) is 0. The normalized spacial score (nSPS) is 11.7. The summed E-state index contributed by atoms with van der Waals surface area (Å²) < 4.78 is 14.4. The summed E-state index contributed by atoms with van der Waals surface area (Å²) in [4.78, 5) is 41.7. The summed E-state index contributed by atoms with van der Waals surface area (Å²) in [6, 6.07) is 132. The third kappa shape index (κ3) is 11.9. The molecule has 8 aromatic heterocycles. The van der Waals surface area contributed by atoms with Crippen molar-refractivity contribution >= 4 is 148 Å². The van der Waals surface area contributed by atoms with E-state index in [2.05, 4.69) is 349 Å². The van der Waals surface area contributed by atoms with E-state index in [-0.39, 0.29) is 0 Å². The molecule has 0 saturated heterocycles. The lowest BCUT2D eigenvalue weighted by atomic mass is 10.0. The largest absolute Gasteiger partial charge is 0.292 e. The van der Waals surface area contributed by atoms with E-state index in [4.69, 9.17) is 39.9 Å². The van der Waals surface area contributed by atoms with Gasteiger partial charge in [0.25, 0.3) is 0 Å². The fourth-order valence-corrected chi connectivity index (χ4v) is 21.7. The van der Waals surface area contributed by atoms with Gasteiger partial charge in [-0.2, -0.15) is 0 Å².